The van der Waals surface area contributed by atoms with Gasteiger partial charge in [-0.05, 0) is 81.4 Å². The van der Waals surface area contributed by atoms with E-state index in [1.165, 1.54) is 22.7 Å². The van der Waals surface area contributed by atoms with E-state index in [1.807, 2.05) is 4.90 Å². The zero-order valence-electron chi connectivity index (χ0n) is 28.1. The van der Waals surface area contributed by atoms with E-state index in [9.17, 15) is 26.4 Å². The predicted molar refractivity (Wildman–Crippen MR) is 179 cm³/mol. The van der Waals surface area contributed by atoms with Gasteiger partial charge in [0, 0.05) is 63.1 Å². The first-order valence-electron chi connectivity index (χ1n) is 16.8. The van der Waals surface area contributed by atoms with Gasteiger partial charge in [0.25, 0.3) is 5.91 Å². The highest BCUT2D eigenvalue weighted by Crippen LogP contribution is 2.42. The van der Waals surface area contributed by atoms with Crippen molar-refractivity contribution >= 4 is 22.3 Å². The molecule has 0 bridgehead atoms. The van der Waals surface area contributed by atoms with E-state index in [0.717, 1.165) is 82.1 Å². The summed E-state index contributed by atoms with van der Waals surface area (Å²) in [5.41, 5.74) is 7.04. The number of aliphatic imine (C=N–C) groups is 1. The number of hydrogen-bond acceptors (Lipinski definition) is 7. The summed E-state index contributed by atoms with van der Waals surface area (Å²) in [6, 6.07) is 5.60. The molecule has 1 aromatic rings. The number of ether oxygens (including phenoxy) is 1. The molecule has 5 atom stereocenters. The van der Waals surface area contributed by atoms with E-state index in [0.29, 0.717) is 48.8 Å². The highest BCUT2D eigenvalue weighted by atomic mass is 32.2. The van der Waals surface area contributed by atoms with Crippen molar-refractivity contribution in [3.8, 4) is 0 Å². The number of benzene rings is 1. The van der Waals surface area contributed by atoms with Gasteiger partial charge in [-0.2, -0.15) is 13.2 Å². The Kier molecular flexibility index (Phi) is 11.3. The van der Waals surface area contributed by atoms with Crippen LogP contribution in [0.2, 0.25) is 0 Å². The number of alkyl halides is 3. The minimum atomic E-state index is -4.38. The van der Waals surface area contributed by atoms with Crippen molar-refractivity contribution in [2.45, 2.75) is 82.3 Å². The molecule has 48 heavy (non-hydrogen) atoms. The van der Waals surface area contributed by atoms with Crippen molar-refractivity contribution in [3.63, 3.8) is 0 Å². The van der Waals surface area contributed by atoms with Gasteiger partial charge in [0.2, 0.25) is 10.0 Å². The van der Waals surface area contributed by atoms with E-state index in [1.54, 1.807) is 14.0 Å². The van der Waals surface area contributed by atoms with Crippen LogP contribution < -0.4 is 11.1 Å². The van der Waals surface area contributed by atoms with Crippen LogP contribution in [0.1, 0.15) is 69.1 Å². The van der Waals surface area contributed by atoms with Crippen LogP contribution in [-0.4, -0.2) is 99.0 Å². The fourth-order valence-electron chi connectivity index (χ4n) is 7.83. The second kappa shape index (κ2) is 14.9. The number of halogens is 3. The third-order valence-corrected chi connectivity index (χ3v) is 12.1. The van der Waals surface area contributed by atoms with Gasteiger partial charge < -0.3 is 20.7 Å². The minimum absolute atomic E-state index is 0.0808. The molecule has 4 aliphatic rings. The summed E-state index contributed by atoms with van der Waals surface area (Å²) in [6.45, 7) is 9.51. The number of nitrogens with two attached hydrogens (primary N) is 1. The Hall–Kier alpha value is -2.94. The van der Waals surface area contributed by atoms with Crippen molar-refractivity contribution in [1.29, 1.82) is 0 Å². The molecular formula is C34H49F3N6O4S. The van der Waals surface area contributed by atoms with Crippen LogP contribution in [0, 0.1) is 11.8 Å². The van der Waals surface area contributed by atoms with E-state index < -0.39 is 21.8 Å². The largest absolute Gasteiger partial charge is 0.416 e. The summed E-state index contributed by atoms with van der Waals surface area (Å²) >= 11 is 0. The topological polar surface area (TPSA) is 121 Å². The lowest BCUT2D eigenvalue weighted by atomic mass is 9.97. The predicted octanol–water partition coefficient (Wildman–Crippen LogP) is 4.27. The fraction of sp³-hybridized carbons (Fsp3) is 0.647. The first-order valence-corrected chi connectivity index (χ1v) is 18.7. The number of piperidine rings is 1. The Morgan fingerprint density at radius 2 is 1.75 bits per heavy atom. The van der Waals surface area contributed by atoms with E-state index >= 15 is 0 Å². The Balaban J connectivity index is 1.11. The number of carbonyl (C=O) groups excluding carboxylic acids is 1. The summed E-state index contributed by atoms with van der Waals surface area (Å²) in [5, 5.41) is 3.28. The monoisotopic (exact) mass is 694 g/mol. The summed E-state index contributed by atoms with van der Waals surface area (Å²) < 4.78 is 70.7. The maximum absolute atomic E-state index is 13.7. The molecule has 1 aliphatic carbocycles. The molecule has 1 unspecified atom stereocenters. The summed E-state index contributed by atoms with van der Waals surface area (Å²) in [5.74, 6) is 0.808. The molecule has 3 aliphatic heterocycles. The standard InChI is InChI=1S/C34H49F3N6O4S/c1-22(23(2)39-18-30-6-5-7-31(47-30)24-8-10-27(11-9-24)34(35,36)37)32(40-21-38)33(44)42-14-12-28(13-15-42)43-19-25-16-29(17-26(25)20-43)41(3)48(4,45)46/h8-11,21,25-26,28-31,39H,2,5-7,12-20H2,1,3-4H3,(H2,38,40)/b32-22-/t25-,26+,29?,30-,31+/m1/s1. The number of nitrogens with zero attached hydrogens (tertiary/aromatic N) is 4. The Labute approximate surface area is 282 Å². The molecule has 1 aromatic carbocycles. The van der Waals surface area contributed by atoms with Crippen LogP contribution in [0.3, 0.4) is 0 Å². The lowest BCUT2D eigenvalue weighted by Gasteiger charge is -2.37. The second-order valence-electron chi connectivity index (χ2n) is 13.8. The Bertz CT molecular complexity index is 1480. The first-order chi connectivity index (χ1) is 22.7. The number of carbonyl (C=O) groups is 1. The lowest BCUT2D eigenvalue weighted by Crippen LogP contribution is -2.47. The number of likely N-dealkylation sites (tertiary alicyclic amines) is 2. The number of amides is 1. The Morgan fingerprint density at radius 3 is 2.31 bits per heavy atom. The second-order valence-corrected chi connectivity index (χ2v) is 15.9. The lowest BCUT2D eigenvalue weighted by molar-refractivity contribution is -0.137. The van der Waals surface area contributed by atoms with Crippen LogP contribution >= 0.6 is 0 Å². The number of sulfonamides is 1. The van der Waals surface area contributed by atoms with Gasteiger partial charge in [0.05, 0.1) is 30.4 Å². The van der Waals surface area contributed by atoms with Crippen LogP contribution in [-0.2, 0) is 25.7 Å². The van der Waals surface area contributed by atoms with Gasteiger partial charge in [-0.25, -0.2) is 17.7 Å². The third kappa shape index (κ3) is 8.43. The fourth-order valence-corrected chi connectivity index (χ4v) is 8.55. The SMILES string of the molecule is C=C(NC[C@H]1CCC[C@@H](c2ccc(C(F)(F)F)cc2)O1)/C(C)=C(\N=CN)C(=O)N1CCC(N2C[C@H]3CC(N(C)S(C)(=O)=O)C[C@H]3C2)CC1. The highest BCUT2D eigenvalue weighted by molar-refractivity contribution is 7.88. The molecule has 5 rings (SSSR count). The number of allylic oxidation sites excluding steroid dienone is 1. The van der Waals surface area contributed by atoms with Crippen LogP contribution in [0.5, 0.6) is 0 Å². The van der Waals surface area contributed by atoms with E-state index in [4.69, 9.17) is 10.5 Å². The molecular weight excluding hydrogens is 645 g/mol. The van der Waals surface area contributed by atoms with Crippen molar-refractivity contribution in [2.75, 3.05) is 46.0 Å². The van der Waals surface area contributed by atoms with Crippen LogP contribution in [0.15, 0.2) is 52.8 Å². The zero-order valence-corrected chi connectivity index (χ0v) is 28.9. The van der Waals surface area contributed by atoms with Gasteiger partial charge in [-0.15, -0.1) is 0 Å². The van der Waals surface area contributed by atoms with Crippen LogP contribution in [0.4, 0.5) is 13.2 Å². The van der Waals surface area contributed by atoms with Gasteiger partial charge in [0.1, 0.15) is 5.70 Å². The van der Waals surface area contributed by atoms with Crippen LogP contribution in [0.25, 0.3) is 0 Å². The average molecular weight is 695 g/mol. The normalized spacial score (nSPS) is 28.1. The number of hydrogen-bond donors (Lipinski definition) is 2. The average Bonchev–Trinajstić information content (AvgIpc) is 3.64. The van der Waals surface area contributed by atoms with E-state index in [2.05, 4.69) is 21.8 Å². The molecule has 3 saturated heterocycles. The van der Waals surface area contributed by atoms with Gasteiger partial charge in [-0.3, -0.25) is 9.69 Å². The van der Waals surface area contributed by atoms with Gasteiger partial charge in [0.15, 0.2) is 0 Å². The molecule has 3 heterocycles. The molecule has 0 radical (unpaired) electrons. The molecule has 1 amide bonds. The number of nitrogens with one attached hydrogen (secondary N) is 1. The maximum Gasteiger partial charge on any atom is 0.416 e. The minimum Gasteiger partial charge on any atom is -0.390 e. The van der Waals surface area contributed by atoms with Crippen molar-refractivity contribution in [1.82, 2.24) is 19.4 Å². The summed E-state index contributed by atoms with van der Waals surface area (Å²) in [6.07, 6.45) is 3.44. The quantitative estimate of drug-likeness (QED) is 0.163. The molecule has 0 aromatic heterocycles. The number of rotatable bonds is 10. The molecule has 0 spiro atoms. The van der Waals surface area contributed by atoms with Crippen molar-refractivity contribution < 1.29 is 31.1 Å². The van der Waals surface area contributed by atoms with Crippen molar-refractivity contribution in [3.05, 3.63) is 58.9 Å². The molecule has 266 valence electrons. The summed E-state index contributed by atoms with van der Waals surface area (Å²) in [7, 11) is -1.51. The molecule has 4 fully saturated rings. The summed E-state index contributed by atoms with van der Waals surface area (Å²) in [4.78, 5) is 22.3. The maximum atomic E-state index is 13.7. The molecule has 10 nitrogen and oxygen atoms in total. The number of fused-ring (bicyclic) bond motifs is 1. The van der Waals surface area contributed by atoms with E-state index in [-0.39, 0.29) is 29.9 Å². The van der Waals surface area contributed by atoms with Crippen molar-refractivity contribution in [2.24, 2.45) is 22.6 Å². The molecule has 14 heteroatoms. The third-order valence-electron chi connectivity index (χ3n) is 10.8. The zero-order chi connectivity index (χ0) is 34.8. The van der Waals surface area contributed by atoms with Gasteiger partial charge in [-0.1, -0.05) is 18.7 Å². The Morgan fingerprint density at radius 1 is 1.12 bits per heavy atom. The smallest absolute Gasteiger partial charge is 0.390 e. The first kappa shape index (κ1) is 36.3. The highest BCUT2D eigenvalue weighted by Gasteiger charge is 2.45. The van der Waals surface area contributed by atoms with Gasteiger partial charge >= 0.3 is 6.18 Å². The molecule has 3 N–H and O–H groups in total. The molecule has 1 saturated carbocycles.